The maximum Gasteiger partial charge on any atom is 0.224 e. The van der Waals surface area contributed by atoms with Crippen LogP contribution in [-0.4, -0.2) is 47.7 Å². The van der Waals surface area contributed by atoms with E-state index in [2.05, 4.69) is 5.32 Å². The number of β-amino-alcohol motifs (C(OH)–C–C–N with tert-alkyl or cyclic N) is 1. The lowest BCUT2D eigenvalue weighted by Crippen LogP contribution is -2.45. The van der Waals surface area contributed by atoms with E-state index in [9.17, 15) is 9.90 Å². The monoisotopic (exact) mass is 226 g/mol. The Labute approximate surface area is 97.0 Å². The number of hydrogen-bond donors (Lipinski definition) is 2. The first-order valence-corrected chi connectivity index (χ1v) is 6.45. The molecule has 1 amide bonds. The first-order chi connectivity index (χ1) is 7.75. The van der Waals surface area contributed by atoms with Gasteiger partial charge >= 0.3 is 0 Å². The van der Waals surface area contributed by atoms with Crippen LogP contribution in [0.4, 0.5) is 0 Å². The van der Waals surface area contributed by atoms with Crippen LogP contribution in [-0.2, 0) is 4.79 Å². The van der Waals surface area contributed by atoms with E-state index in [4.69, 9.17) is 0 Å². The summed E-state index contributed by atoms with van der Waals surface area (Å²) in [7, 11) is 0. The third-order valence-electron chi connectivity index (χ3n) is 3.58. The third kappa shape index (κ3) is 3.19. The second kappa shape index (κ2) is 5.64. The van der Waals surface area contributed by atoms with Gasteiger partial charge in [-0.3, -0.25) is 4.79 Å². The van der Waals surface area contributed by atoms with E-state index in [0.29, 0.717) is 19.0 Å². The summed E-state index contributed by atoms with van der Waals surface area (Å²) in [5, 5.41) is 12.9. The molecule has 2 saturated heterocycles. The minimum atomic E-state index is -0.308. The van der Waals surface area contributed by atoms with Gasteiger partial charge in [0.25, 0.3) is 0 Å². The van der Waals surface area contributed by atoms with Crippen molar-refractivity contribution < 1.29 is 9.90 Å². The maximum absolute atomic E-state index is 12.0. The zero-order valence-electron chi connectivity index (χ0n) is 9.82. The fourth-order valence-electron chi connectivity index (χ4n) is 2.62. The van der Waals surface area contributed by atoms with E-state index in [1.807, 2.05) is 4.90 Å². The van der Waals surface area contributed by atoms with Crippen LogP contribution in [0.1, 0.15) is 38.5 Å². The number of piperidine rings is 2. The molecule has 2 aliphatic heterocycles. The third-order valence-corrected chi connectivity index (χ3v) is 3.58. The fraction of sp³-hybridized carbons (Fsp3) is 0.917. The summed E-state index contributed by atoms with van der Waals surface area (Å²) >= 11 is 0. The average molecular weight is 226 g/mol. The normalized spacial score (nSPS) is 31.4. The largest absolute Gasteiger partial charge is 0.391 e. The molecule has 2 atom stereocenters. The SMILES string of the molecule is O=C(CC1CCCCN1)N1CCCC(O)C1. The molecule has 0 aromatic carbocycles. The van der Waals surface area contributed by atoms with Gasteiger partial charge in [0, 0.05) is 25.6 Å². The second-order valence-electron chi connectivity index (χ2n) is 4.99. The van der Waals surface area contributed by atoms with E-state index >= 15 is 0 Å². The van der Waals surface area contributed by atoms with E-state index < -0.39 is 0 Å². The molecule has 0 radical (unpaired) electrons. The summed E-state index contributed by atoms with van der Waals surface area (Å²) in [5.74, 6) is 0.207. The molecule has 16 heavy (non-hydrogen) atoms. The number of hydrogen-bond acceptors (Lipinski definition) is 3. The molecule has 2 unspecified atom stereocenters. The van der Waals surface area contributed by atoms with Crippen LogP contribution >= 0.6 is 0 Å². The van der Waals surface area contributed by atoms with Gasteiger partial charge in [-0.15, -0.1) is 0 Å². The summed E-state index contributed by atoms with van der Waals surface area (Å²) < 4.78 is 0. The highest BCUT2D eigenvalue weighted by Gasteiger charge is 2.24. The molecule has 2 rings (SSSR count). The molecule has 2 fully saturated rings. The van der Waals surface area contributed by atoms with Crippen LogP contribution in [0.3, 0.4) is 0 Å². The van der Waals surface area contributed by atoms with Crippen molar-refractivity contribution in [1.82, 2.24) is 10.2 Å². The number of nitrogens with zero attached hydrogens (tertiary/aromatic N) is 1. The predicted molar refractivity (Wildman–Crippen MR) is 62.1 cm³/mol. The van der Waals surface area contributed by atoms with Gasteiger partial charge < -0.3 is 15.3 Å². The highest BCUT2D eigenvalue weighted by atomic mass is 16.3. The van der Waals surface area contributed by atoms with Gasteiger partial charge in [0.2, 0.25) is 5.91 Å². The summed E-state index contributed by atoms with van der Waals surface area (Å²) in [6, 6.07) is 0.361. The number of carbonyl (C=O) groups excluding carboxylic acids is 1. The second-order valence-corrected chi connectivity index (χ2v) is 4.99. The Morgan fingerprint density at radius 1 is 1.31 bits per heavy atom. The van der Waals surface area contributed by atoms with Crippen LogP contribution in [0.25, 0.3) is 0 Å². The number of rotatable bonds is 2. The summed E-state index contributed by atoms with van der Waals surface area (Å²) in [6.45, 7) is 2.40. The van der Waals surface area contributed by atoms with Gasteiger partial charge in [-0.05, 0) is 32.2 Å². The first-order valence-electron chi connectivity index (χ1n) is 6.45. The van der Waals surface area contributed by atoms with Gasteiger partial charge in [0.05, 0.1) is 6.10 Å². The summed E-state index contributed by atoms with van der Waals surface area (Å²) in [4.78, 5) is 13.8. The Morgan fingerprint density at radius 3 is 2.88 bits per heavy atom. The number of likely N-dealkylation sites (tertiary alicyclic amines) is 1. The molecule has 4 heteroatoms. The molecular formula is C12H22N2O2. The molecule has 2 aliphatic rings. The first kappa shape index (κ1) is 11.9. The molecule has 0 saturated carbocycles. The highest BCUT2D eigenvalue weighted by molar-refractivity contribution is 5.77. The number of aliphatic hydroxyl groups is 1. The Balaban J connectivity index is 1.77. The van der Waals surface area contributed by atoms with Crippen LogP contribution in [0.15, 0.2) is 0 Å². The molecular weight excluding hydrogens is 204 g/mol. The molecule has 4 nitrogen and oxygen atoms in total. The summed E-state index contributed by atoms with van der Waals surface area (Å²) in [5.41, 5.74) is 0. The minimum absolute atomic E-state index is 0.207. The fourth-order valence-corrected chi connectivity index (χ4v) is 2.62. The van der Waals surface area contributed by atoms with Gasteiger partial charge in [-0.2, -0.15) is 0 Å². The zero-order valence-corrected chi connectivity index (χ0v) is 9.82. The van der Waals surface area contributed by atoms with Crippen molar-refractivity contribution in [3.05, 3.63) is 0 Å². The molecule has 0 aliphatic carbocycles. The van der Waals surface area contributed by atoms with E-state index in [0.717, 1.165) is 32.4 Å². The molecule has 0 bridgehead atoms. The number of aliphatic hydroxyl groups excluding tert-OH is 1. The average Bonchev–Trinajstić information content (AvgIpc) is 2.30. The van der Waals surface area contributed by atoms with Crippen molar-refractivity contribution in [2.75, 3.05) is 19.6 Å². The minimum Gasteiger partial charge on any atom is -0.391 e. The van der Waals surface area contributed by atoms with Crippen LogP contribution in [0.2, 0.25) is 0 Å². The number of nitrogens with one attached hydrogen (secondary N) is 1. The van der Waals surface area contributed by atoms with Crippen LogP contribution in [0.5, 0.6) is 0 Å². The Morgan fingerprint density at radius 2 is 2.19 bits per heavy atom. The Bertz CT molecular complexity index is 239. The van der Waals surface area contributed by atoms with Crippen molar-refractivity contribution in [1.29, 1.82) is 0 Å². The molecule has 92 valence electrons. The molecule has 2 N–H and O–H groups in total. The van der Waals surface area contributed by atoms with Crippen molar-refractivity contribution >= 4 is 5.91 Å². The van der Waals surface area contributed by atoms with Crippen molar-refractivity contribution in [2.45, 2.75) is 50.7 Å². The topological polar surface area (TPSA) is 52.6 Å². The molecule has 0 spiro atoms. The lowest BCUT2D eigenvalue weighted by atomic mass is 10.0. The van der Waals surface area contributed by atoms with Gasteiger partial charge in [-0.25, -0.2) is 0 Å². The van der Waals surface area contributed by atoms with E-state index in [1.54, 1.807) is 0 Å². The smallest absolute Gasteiger partial charge is 0.224 e. The molecule has 0 aromatic heterocycles. The molecule has 2 heterocycles. The number of carbonyl (C=O) groups is 1. The van der Waals surface area contributed by atoms with Gasteiger partial charge in [0.1, 0.15) is 0 Å². The van der Waals surface area contributed by atoms with Gasteiger partial charge in [-0.1, -0.05) is 6.42 Å². The lowest BCUT2D eigenvalue weighted by molar-refractivity contribution is -0.134. The predicted octanol–water partition coefficient (Wildman–Crippen LogP) is 0.502. The van der Waals surface area contributed by atoms with Crippen molar-refractivity contribution in [2.24, 2.45) is 0 Å². The summed E-state index contributed by atoms with van der Waals surface area (Å²) in [6.07, 6.45) is 5.64. The van der Waals surface area contributed by atoms with E-state index in [-0.39, 0.29) is 12.0 Å². The standard InChI is InChI=1S/C12H22N2O2/c15-11-5-3-7-14(9-11)12(16)8-10-4-1-2-6-13-10/h10-11,13,15H,1-9H2. The van der Waals surface area contributed by atoms with Crippen LogP contribution in [0, 0.1) is 0 Å². The van der Waals surface area contributed by atoms with Gasteiger partial charge in [0.15, 0.2) is 0 Å². The van der Waals surface area contributed by atoms with Crippen molar-refractivity contribution in [3.63, 3.8) is 0 Å². The van der Waals surface area contributed by atoms with Crippen molar-refractivity contribution in [3.8, 4) is 0 Å². The Kier molecular flexibility index (Phi) is 4.18. The lowest BCUT2D eigenvalue weighted by Gasteiger charge is -2.32. The zero-order chi connectivity index (χ0) is 11.4. The number of amides is 1. The Hall–Kier alpha value is -0.610. The maximum atomic E-state index is 12.0. The molecule has 0 aromatic rings. The highest BCUT2D eigenvalue weighted by Crippen LogP contribution is 2.15. The van der Waals surface area contributed by atoms with E-state index in [1.165, 1.54) is 12.8 Å². The quantitative estimate of drug-likeness (QED) is 0.721. The van der Waals surface area contributed by atoms with Crippen LogP contribution < -0.4 is 5.32 Å².